The lowest BCUT2D eigenvalue weighted by molar-refractivity contribution is -0.140. The van der Waals surface area contributed by atoms with Crippen molar-refractivity contribution in [3.63, 3.8) is 0 Å². The molecule has 3 aliphatic rings. The molecule has 0 aliphatic carbocycles. The summed E-state index contributed by atoms with van der Waals surface area (Å²) in [6.45, 7) is 6.45. The molecule has 2 amide bonds. The average molecular weight is 392 g/mol. The second-order valence-electron chi connectivity index (χ2n) is 8.25. The molecule has 1 N–H and O–H groups in total. The second kappa shape index (κ2) is 8.19. The normalized spacial score (nSPS) is 30.4. The average Bonchev–Trinajstić information content (AvgIpc) is 3.23. The molecule has 3 atom stereocenters. The van der Waals surface area contributed by atoms with Crippen molar-refractivity contribution in [1.82, 2.24) is 15.1 Å². The SMILES string of the molecule is CC1(C(=O)N2CC[C@@H]3CNC[C@@H]3CC2)CCCN1C(=O)c1ccccc1.Cl. The van der Waals surface area contributed by atoms with E-state index in [2.05, 4.69) is 5.32 Å². The summed E-state index contributed by atoms with van der Waals surface area (Å²) in [4.78, 5) is 30.3. The first-order valence-electron chi connectivity index (χ1n) is 9.97. The standard InChI is InChI=1S/C21H29N3O2.ClH/c1-21(10-5-11-24(21)19(25)16-6-3-2-4-7-16)20(26)23-12-8-17-14-22-15-18(17)9-13-23;/h2-4,6-7,17-18,22H,5,8-15H2,1H3;1H/t17-,18+,21?;. The zero-order chi connectivity index (χ0) is 18.1. The Labute approximate surface area is 167 Å². The van der Waals surface area contributed by atoms with E-state index in [0.717, 1.165) is 51.9 Å². The highest BCUT2D eigenvalue weighted by Gasteiger charge is 2.48. The van der Waals surface area contributed by atoms with Crippen LogP contribution >= 0.6 is 12.4 Å². The van der Waals surface area contributed by atoms with Gasteiger partial charge in [0.1, 0.15) is 5.54 Å². The van der Waals surface area contributed by atoms with Crippen molar-refractivity contribution in [1.29, 1.82) is 0 Å². The number of likely N-dealkylation sites (tertiary alicyclic amines) is 2. The van der Waals surface area contributed by atoms with E-state index in [-0.39, 0.29) is 24.2 Å². The minimum Gasteiger partial charge on any atom is -0.341 e. The van der Waals surface area contributed by atoms with Crippen molar-refractivity contribution in [3.8, 4) is 0 Å². The minimum absolute atomic E-state index is 0. The summed E-state index contributed by atoms with van der Waals surface area (Å²) in [6, 6.07) is 9.35. The van der Waals surface area contributed by atoms with E-state index in [1.54, 1.807) is 0 Å². The molecule has 6 heteroatoms. The van der Waals surface area contributed by atoms with Crippen LogP contribution in [0.3, 0.4) is 0 Å². The highest BCUT2D eigenvalue weighted by Crippen LogP contribution is 2.34. The fourth-order valence-corrected chi connectivity index (χ4v) is 5.01. The van der Waals surface area contributed by atoms with Crippen LogP contribution in [0.15, 0.2) is 30.3 Å². The van der Waals surface area contributed by atoms with E-state index >= 15 is 0 Å². The van der Waals surface area contributed by atoms with Crippen molar-refractivity contribution < 1.29 is 9.59 Å². The number of hydrogen-bond donors (Lipinski definition) is 1. The molecular weight excluding hydrogens is 362 g/mol. The number of hydrogen-bond acceptors (Lipinski definition) is 3. The lowest BCUT2D eigenvalue weighted by Gasteiger charge is -2.38. The smallest absolute Gasteiger partial charge is 0.254 e. The van der Waals surface area contributed by atoms with Gasteiger partial charge >= 0.3 is 0 Å². The quantitative estimate of drug-likeness (QED) is 0.842. The molecule has 1 aromatic carbocycles. The van der Waals surface area contributed by atoms with Gasteiger partial charge in [-0.2, -0.15) is 0 Å². The first-order valence-corrected chi connectivity index (χ1v) is 9.97. The molecule has 5 nitrogen and oxygen atoms in total. The maximum atomic E-state index is 13.5. The Morgan fingerprint density at radius 1 is 1.04 bits per heavy atom. The molecular formula is C21H30ClN3O2. The molecule has 3 saturated heterocycles. The fraction of sp³-hybridized carbons (Fsp3) is 0.619. The van der Waals surface area contributed by atoms with Crippen LogP contribution in [0, 0.1) is 11.8 Å². The van der Waals surface area contributed by atoms with Crippen LogP contribution in [-0.2, 0) is 4.79 Å². The molecule has 0 spiro atoms. The zero-order valence-corrected chi connectivity index (χ0v) is 16.8. The van der Waals surface area contributed by atoms with Crippen LogP contribution in [0.25, 0.3) is 0 Å². The van der Waals surface area contributed by atoms with Crippen LogP contribution in [0.5, 0.6) is 0 Å². The zero-order valence-electron chi connectivity index (χ0n) is 16.0. The number of rotatable bonds is 2. The van der Waals surface area contributed by atoms with E-state index in [4.69, 9.17) is 0 Å². The summed E-state index contributed by atoms with van der Waals surface area (Å²) < 4.78 is 0. The highest BCUT2D eigenvalue weighted by molar-refractivity contribution is 5.99. The van der Waals surface area contributed by atoms with Crippen LogP contribution < -0.4 is 5.32 Å². The molecule has 3 heterocycles. The molecule has 4 rings (SSSR count). The lowest BCUT2D eigenvalue weighted by Crippen LogP contribution is -2.56. The summed E-state index contributed by atoms with van der Waals surface area (Å²) in [6.07, 6.45) is 3.80. The van der Waals surface area contributed by atoms with E-state index in [9.17, 15) is 9.59 Å². The third kappa shape index (κ3) is 3.72. The van der Waals surface area contributed by atoms with Gasteiger partial charge < -0.3 is 15.1 Å². The maximum Gasteiger partial charge on any atom is 0.254 e. The van der Waals surface area contributed by atoms with Crippen molar-refractivity contribution in [2.45, 2.75) is 38.1 Å². The van der Waals surface area contributed by atoms with Gasteiger partial charge in [-0.25, -0.2) is 0 Å². The number of nitrogens with zero attached hydrogens (tertiary/aromatic N) is 2. The largest absolute Gasteiger partial charge is 0.341 e. The molecule has 0 saturated carbocycles. The number of amides is 2. The molecule has 1 unspecified atom stereocenters. The summed E-state index contributed by atoms with van der Waals surface area (Å²) in [5, 5.41) is 3.48. The summed E-state index contributed by atoms with van der Waals surface area (Å²) in [5.74, 6) is 1.53. The summed E-state index contributed by atoms with van der Waals surface area (Å²) >= 11 is 0. The van der Waals surface area contributed by atoms with Crippen LogP contribution in [0.1, 0.15) is 43.0 Å². The van der Waals surface area contributed by atoms with Gasteiger partial charge in [0.05, 0.1) is 0 Å². The Hall–Kier alpha value is -1.59. The van der Waals surface area contributed by atoms with Crippen LogP contribution in [0.2, 0.25) is 0 Å². The predicted octanol–water partition coefficient (Wildman–Crippen LogP) is 2.56. The van der Waals surface area contributed by atoms with Crippen LogP contribution in [0.4, 0.5) is 0 Å². The van der Waals surface area contributed by atoms with Gasteiger partial charge in [-0.15, -0.1) is 12.4 Å². The van der Waals surface area contributed by atoms with Gasteiger partial charge in [-0.05, 0) is 69.7 Å². The van der Waals surface area contributed by atoms with Crippen molar-refractivity contribution in [3.05, 3.63) is 35.9 Å². The molecule has 148 valence electrons. The van der Waals surface area contributed by atoms with E-state index in [0.29, 0.717) is 23.9 Å². The Balaban J connectivity index is 0.00000210. The molecule has 0 radical (unpaired) electrons. The summed E-state index contributed by atoms with van der Waals surface area (Å²) in [5.41, 5.74) is -0.0325. The number of nitrogens with one attached hydrogen (secondary N) is 1. The minimum atomic E-state index is -0.704. The molecule has 27 heavy (non-hydrogen) atoms. The van der Waals surface area contributed by atoms with E-state index in [1.165, 1.54) is 0 Å². The van der Waals surface area contributed by atoms with Gasteiger partial charge in [0.2, 0.25) is 5.91 Å². The van der Waals surface area contributed by atoms with Gasteiger partial charge in [0.15, 0.2) is 0 Å². The first kappa shape index (κ1) is 20.2. The molecule has 3 fully saturated rings. The molecule has 1 aromatic rings. The van der Waals surface area contributed by atoms with E-state index < -0.39 is 5.54 Å². The van der Waals surface area contributed by atoms with Gasteiger partial charge in [-0.3, -0.25) is 9.59 Å². The Bertz CT molecular complexity index is 669. The number of halogens is 1. The molecule has 3 aliphatic heterocycles. The number of fused-ring (bicyclic) bond motifs is 1. The van der Waals surface area contributed by atoms with E-state index in [1.807, 2.05) is 47.1 Å². The monoisotopic (exact) mass is 391 g/mol. The third-order valence-electron chi connectivity index (χ3n) is 6.67. The molecule has 0 aromatic heterocycles. The van der Waals surface area contributed by atoms with Crippen molar-refractivity contribution in [2.75, 3.05) is 32.7 Å². The van der Waals surface area contributed by atoms with Gasteiger partial charge in [0, 0.05) is 25.2 Å². The van der Waals surface area contributed by atoms with Crippen molar-refractivity contribution in [2.24, 2.45) is 11.8 Å². The van der Waals surface area contributed by atoms with Gasteiger partial charge in [0.25, 0.3) is 5.91 Å². The Kier molecular flexibility index (Phi) is 6.11. The molecule has 0 bridgehead atoms. The topological polar surface area (TPSA) is 52.7 Å². The number of carbonyl (C=O) groups excluding carboxylic acids is 2. The third-order valence-corrected chi connectivity index (χ3v) is 6.67. The number of benzene rings is 1. The Morgan fingerprint density at radius 3 is 2.30 bits per heavy atom. The fourth-order valence-electron chi connectivity index (χ4n) is 5.01. The second-order valence-corrected chi connectivity index (χ2v) is 8.25. The van der Waals surface area contributed by atoms with Crippen LogP contribution in [-0.4, -0.2) is 59.9 Å². The number of carbonyl (C=O) groups is 2. The van der Waals surface area contributed by atoms with Crippen molar-refractivity contribution >= 4 is 24.2 Å². The summed E-state index contributed by atoms with van der Waals surface area (Å²) in [7, 11) is 0. The Morgan fingerprint density at radius 2 is 1.67 bits per heavy atom. The maximum absolute atomic E-state index is 13.5. The predicted molar refractivity (Wildman–Crippen MR) is 108 cm³/mol. The van der Waals surface area contributed by atoms with Gasteiger partial charge in [-0.1, -0.05) is 18.2 Å². The lowest BCUT2D eigenvalue weighted by atomic mass is 9.92. The first-order chi connectivity index (χ1) is 12.6. The highest BCUT2D eigenvalue weighted by atomic mass is 35.5.